The van der Waals surface area contributed by atoms with Gasteiger partial charge in [0.2, 0.25) is 0 Å². The fraction of sp³-hybridized carbons (Fsp3) is 0.150. The summed E-state index contributed by atoms with van der Waals surface area (Å²) in [4.78, 5) is 11.6. The van der Waals surface area contributed by atoms with E-state index in [1.54, 1.807) is 0 Å². The van der Waals surface area contributed by atoms with Gasteiger partial charge in [-0.2, -0.15) is 18.3 Å². The van der Waals surface area contributed by atoms with Gasteiger partial charge in [0.1, 0.15) is 23.4 Å². The summed E-state index contributed by atoms with van der Waals surface area (Å²) in [6.07, 6.45) is -2.53. The lowest BCUT2D eigenvalue weighted by Gasteiger charge is -2.05. The van der Waals surface area contributed by atoms with Crippen LogP contribution in [0, 0.1) is 5.82 Å². The summed E-state index contributed by atoms with van der Waals surface area (Å²) in [5.41, 5.74) is -0.886. The van der Waals surface area contributed by atoms with Crippen LogP contribution in [-0.2, 0) is 16.0 Å². The Morgan fingerprint density at radius 2 is 1.86 bits per heavy atom. The number of fused-ring (bicyclic) bond motifs is 2. The van der Waals surface area contributed by atoms with E-state index in [-0.39, 0.29) is 39.2 Å². The molecule has 0 saturated carbocycles. The van der Waals surface area contributed by atoms with Crippen molar-refractivity contribution < 1.29 is 26.0 Å². The molecule has 0 atom stereocenters. The zero-order valence-electron chi connectivity index (χ0n) is 17.5. The Morgan fingerprint density at radius 1 is 1.09 bits per heavy atom. The van der Waals surface area contributed by atoms with Crippen LogP contribution < -0.4 is 0 Å². The average Bonchev–Trinajstić information content (AvgIpc) is 3.41. The SMILES string of the molecule is CCS(=O)(=O)c1nn2c(-c3ccc(Cl)c(F)c3)ccnc2c1-c1nc2cc(C(F)(F)F)ncn2n1. The van der Waals surface area contributed by atoms with Gasteiger partial charge in [0.15, 0.2) is 32.0 Å². The van der Waals surface area contributed by atoms with E-state index < -0.39 is 32.6 Å². The summed E-state index contributed by atoms with van der Waals surface area (Å²) in [7, 11) is -3.97. The molecule has 0 spiro atoms. The fourth-order valence-electron chi connectivity index (χ4n) is 3.41. The lowest BCUT2D eigenvalue weighted by molar-refractivity contribution is -0.141. The second-order valence-electron chi connectivity index (χ2n) is 7.29. The quantitative estimate of drug-likeness (QED) is 0.325. The molecule has 0 aliphatic heterocycles. The number of halogens is 5. The third-order valence-corrected chi connectivity index (χ3v) is 7.06. The molecule has 35 heavy (non-hydrogen) atoms. The molecule has 0 aliphatic rings. The number of benzene rings is 1. The zero-order valence-corrected chi connectivity index (χ0v) is 19.1. The van der Waals surface area contributed by atoms with Crippen LogP contribution in [0.1, 0.15) is 12.6 Å². The van der Waals surface area contributed by atoms with Crippen molar-refractivity contribution >= 4 is 32.7 Å². The monoisotopic (exact) mass is 525 g/mol. The second kappa shape index (κ2) is 7.95. The highest BCUT2D eigenvalue weighted by molar-refractivity contribution is 7.91. The third kappa shape index (κ3) is 3.87. The van der Waals surface area contributed by atoms with E-state index >= 15 is 0 Å². The van der Waals surface area contributed by atoms with E-state index in [1.807, 2.05) is 0 Å². The number of sulfone groups is 1. The Hall–Kier alpha value is -3.65. The van der Waals surface area contributed by atoms with Gasteiger partial charge in [-0.15, -0.1) is 5.10 Å². The summed E-state index contributed by atoms with van der Waals surface area (Å²) in [6.45, 7) is 1.41. The first-order chi connectivity index (χ1) is 16.5. The number of alkyl halides is 3. The van der Waals surface area contributed by atoms with Gasteiger partial charge in [-0.05, 0) is 18.2 Å². The number of nitrogens with zero attached hydrogens (tertiary/aromatic N) is 7. The van der Waals surface area contributed by atoms with Gasteiger partial charge in [-0.3, -0.25) is 0 Å². The van der Waals surface area contributed by atoms with E-state index in [9.17, 15) is 26.0 Å². The lowest BCUT2D eigenvalue weighted by atomic mass is 10.1. The minimum absolute atomic E-state index is 0.00444. The maximum Gasteiger partial charge on any atom is 0.433 e. The third-order valence-electron chi connectivity index (χ3n) is 5.12. The van der Waals surface area contributed by atoms with Crippen molar-refractivity contribution in [1.82, 2.24) is 34.2 Å². The van der Waals surface area contributed by atoms with Crippen LogP contribution in [-0.4, -0.2) is 48.4 Å². The van der Waals surface area contributed by atoms with E-state index in [2.05, 4.69) is 25.1 Å². The normalized spacial score (nSPS) is 12.6. The van der Waals surface area contributed by atoms with Gasteiger partial charge in [0.25, 0.3) is 0 Å². The molecule has 0 radical (unpaired) electrons. The molecule has 5 aromatic rings. The van der Waals surface area contributed by atoms with Crippen molar-refractivity contribution in [2.75, 3.05) is 5.75 Å². The van der Waals surface area contributed by atoms with Gasteiger partial charge >= 0.3 is 6.18 Å². The molecule has 0 unspecified atom stereocenters. The van der Waals surface area contributed by atoms with E-state index in [1.165, 1.54) is 35.8 Å². The van der Waals surface area contributed by atoms with E-state index in [0.29, 0.717) is 11.6 Å². The molecule has 0 bridgehead atoms. The second-order valence-corrected chi connectivity index (χ2v) is 9.89. The molecular formula is C20H12ClF4N7O2S. The number of hydrogen-bond donors (Lipinski definition) is 0. The minimum Gasteiger partial charge on any atom is -0.236 e. The molecule has 180 valence electrons. The van der Waals surface area contributed by atoms with Crippen LogP contribution in [0.5, 0.6) is 0 Å². The van der Waals surface area contributed by atoms with Gasteiger partial charge in [0, 0.05) is 17.8 Å². The Bertz CT molecular complexity index is 1730. The van der Waals surface area contributed by atoms with Gasteiger partial charge in [-0.1, -0.05) is 24.6 Å². The van der Waals surface area contributed by atoms with Gasteiger partial charge in [-0.25, -0.2) is 36.8 Å². The predicted molar refractivity (Wildman–Crippen MR) is 116 cm³/mol. The van der Waals surface area contributed by atoms with E-state index in [0.717, 1.165) is 16.9 Å². The first kappa shape index (κ1) is 23.1. The van der Waals surface area contributed by atoms with Crippen LogP contribution in [0.25, 0.3) is 33.9 Å². The molecule has 5 rings (SSSR count). The zero-order chi connectivity index (χ0) is 25.1. The molecule has 0 amide bonds. The minimum atomic E-state index is -4.71. The van der Waals surface area contributed by atoms with Crippen molar-refractivity contribution in [1.29, 1.82) is 0 Å². The van der Waals surface area contributed by atoms with E-state index in [4.69, 9.17) is 11.6 Å². The number of rotatable bonds is 4. The molecule has 4 heterocycles. The summed E-state index contributed by atoms with van der Waals surface area (Å²) in [5, 5.41) is 7.79. The largest absolute Gasteiger partial charge is 0.433 e. The number of hydrogen-bond acceptors (Lipinski definition) is 7. The summed E-state index contributed by atoms with van der Waals surface area (Å²) < 4.78 is 81.3. The molecule has 15 heteroatoms. The van der Waals surface area contributed by atoms with Crippen LogP contribution in [0.4, 0.5) is 17.6 Å². The molecule has 0 aliphatic carbocycles. The van der Waals surface area contributed by atoms with Crippen LogP contribution in [0.2, 0.25) is 5.02 Å². The highest BCUT2D eigenvalue weighted by Gasteiger charge is 2.34. The standard InChI is InChI=1S/C20H12ClF4N7O2S/c1-2-35(33,34)19-16(17-28-15-8-14(20(23,24)25)27-9-31(15)29-17)18-26-6-5-13(32(18)30-19)10-3-4-11(21)12(22)7-10/h3-9H,2H2,1H3. The smallest absolute Gasteiger partial charge is 0.236 e. The van der Waals surface area contributed by atoms with Crippen molar-refractivity contribution in [3.05, 3.63) is 59.4 Å². The van der Waals surface area contributed by atoms with Crippen molar-refractivity contribution in [2.24, 2.45) is 0 Å². The van der Waals surface area contributed by atoms with Crippen molar-refractivity contribution in [3.63, 3.8) is 0 Å². The Morgan fingerprint density at radius 3 is 2.54 bits per heavy atom. The van der Waals surface area contributed by atoms with Crippen LogP contribution >= 0.6 is 11.6 Å². The maximum atomic E-state index is 14.1. The molecule has 4 aromatic heterocycles. The van der Waals surface area contributed by atoms with Gasteiger partial charge in [0.05, 0.1) is 16.5 Å². The Balaban J connectivity index is 1.80. The first-order valence-corrected chi connectivity index (χ1v) is 11.9. The lowest BCUT2D eigenvalue weighted by Crippen LogP contribution is -2.08. The Labute approximate surface area is 199 Å². The first-order valence-electron chi connectivity index (χ1n) is 9.85. The molecule has 0 N–H and O–H groups in total. The van der Waals surface area contributed by atoms with Crippen molar-refractivity contribution in [2.45, 2.75) is 18.1 Å². The average molecular weight is 526 g/mol. The maximum absolute atomic E-state index is 14.1. The topological polar surface area (TPSA) is 107 Å². The van der Waals surface area contributed by atoms with Crippen molar-refractivity contribution in [3.8, 4) is 22.6 Å². The molecule has 0 saturated heterocycles. The Kier molecular flexibility index (Phi) is 5.25. The number of aromatic nitrogens is 7. The molecular weight excluding hydrogens is 514 g/mol. The highest BCUT2D eigenvalue weighted by atomic mass is 35.5. The fourth-order valence-corrected chi connectivity index (χ4v) is 4.50. The molecule has 1 aromatic carbocycles. The van der Waals surface area contributed by atoms with Crippen LogP contribution in [0.15, 0.2) is 47.9 Å². The highest BCUT2D eigenvalue weighted by Crippen LogP contribution is 2.33. The van der Waals surface area contributed by atoms with Gasteiger partial charge < -0.3 is 0 Å². The summed E-state index contributed by atoms with van der Waals surface area (Å²) in [6, 6.07) is 6.18. The summed E-state index contributed by atoms with van der Waals surface area (Å²) >= 11 is 5.77. The molecule has 0 fully saturated rings. The van der Waals surface area contributed by atoms with Crippen LogP contribution in [0.3, 0.4) is 0 Å². The predicted octanol–water partition coefficient (Wildman–Crippen LogP) is 4.11. The molecule has 9 nitrogen and oxygen atoms in total. The summed E-state index contributed by atoms with van der Waals surface area (Å²) in [5.74, 6) is -1.25.